The van der Waals surface area contributed by atoms with Gasteiger partial charge in [-0.05, 0) is 57.3 Å². The maximum atomic E-state index is 10.8. The van der Waals surface area contributed by atoms with Crippen molar-refractivity contribution in [3.05, 3.63) is 24.8 Å². The zero-order chi connectivity index (χ0) is 10.7. The molecule has 1 aromatic carbocycles. The van der Waals surface area contributed by atoms with Crippen LogP contribution in [0.1, 0.15) is 12.5 Å². The van der Waals surface area contributed by atoms with E-state index in [-0.39, 0.29) is 5.97 Å². The lowest BCUT2D eigenvalue weighted by Gasteiger charge is -2.09. The van der Waals surface area contributed by atoms with Crippen molar-refractivity contribution in [2.75, 3.05) is 0 Å². The molecular weight excluding hydrogens is 429 g/mol. The quantitative estimate of drug-likeness (QED) is 0.307. The van der Waals surface area contributed by atoms with Gasteiger partial charge in [-0.25, -0.2) is 0 Å². The summed E-state index contributed by atoms with van der Waals surface area (Å²) in [5.41, 5.74) is 0.846. The SMILES string of the molecule is CC(=O)Oc1c(I)cc(I)cc1CCl. The zero-order valence-electron chi connectivity index (χ0n) is 7.31. The highest BCUT2D eigenvalue weighted by Gasteiger charge is 2.11. The van der Waals surface area contributed by atoms with E-state index in [2.05, 4.69) is 45.2 Å². The number of benzene rings is 1. The van der Waals surface area contributed by atoms with Crippen LogP contribution in [0.4, 0.5) is 0 Å². The molecule has 76 valence electrons. The van der Waals surface area contributed by atoms with E-state index in [4.69, 9.17) is 16.3 Å². The average molecular weight is 436 g/mol. The molecule has 0 saturated heterocycles. The molecule has 0 aliphatic carbocycles. The Labute approximate surface area is 115 Å². The first kappa shape index (κ1) is 12.5. The monoisotopic (exact) mass is 436 g/mol. The van der Waals surface area contributed by atoms with E-state index in [0.717, 1.165) is 12.7 Å². The van der Waals surface area contributed by atoms with E-state index in [0.29, 0.717) is 11.6 Å². The van der Waals surface area contributed by atoms with Crippen LogP contribution in [0.15, 0.2) is 12.1 Å². The van der Waals surface area contributed by atoms with Crippen LogP contribution in [-0.2, 0) is 10.7 Å². The number of carbonyl (C=O) groups is 1. The molecule has 14 heavy (non-hydrogen) atoms. The lowest BCUT2D eigenvalue weighted by Crippen LogP contribution is -2.05. The largest absolute Gasteiger partial charge is 0.425 e. The van der Waals surface area contributed by atoms with Gasteiger partial charge in [-0.3, -0.25) is 4.79 Å². The van der Waals surface area contributed by atoms with Gasteiger partial charge in [0.2, 0.25) is 0 Å². The molecule has 0 aliphatic heterocycles. The van der Waals surface area contributed by atoms with Crippen molar-refractivity contribution < 1.29 is 9.53 Å². The predicted octanol–water partition coefficient (Wildman–Crippen LogP) is 3.56. The maximum absolute atomic E-state index is 10.8. The topological polar surface area (TPSA) is 26.3 Å². The Morgan fingerprint density at radius 3 is 2.64 bits per heavy atom. The van der Waals surface area contributed by atoms with Crippen LogP contribution in [0.2, 0.25) is 0 Å². The lowest BCUT2D eigenvalue weighted by molar-refractivity contribution is -0.131. The number of halogens is 3. The molecule has 0 N–H and O–H groups in total. The zero-order valence-corrected chi connectivity index (χ0v) is 12.4. The fourth-order valence-corrected chi connectivity index (χ4v) is 3.24. The molecule has 0 unspecified atom stereocenters. The molecule has 0 aliphatic rings. The molecule has 0 heterocycles. The van der Waals surface area contributed by atoms with Crippen LogP contribution >= 0.6 is 56.8 Å². The van der Waals surface area contributed by atoms with E-state index in [1.54, 1.807) is 0 Å². The summed E-state index contributed by atoms with van der Waals surface area (Å²) in [5.74, 6) is 0.596. The predicted molar refractivity (Wildman–Crippen MR) is 72.7 cm³/mol. The van der Waals surface area contributed by atoms with E-state index in [9.17, 15) is 4.79 Å². The second-order valence-electron chi connectivity index (χ2n) is 2.60. The molecule has 0 spiro atoms. The summed E-state index contributed by atoms with van der Waals surface area (Å²) in [6.07, 6.45) is 0. The summed E-state index contributed by atoms with van der Waals surface area (Å²) in [7, 11) is 0. The summed E-state index contributed by atoms with van der Waals surface area (Å²) in [5, 5.41) is 0. The highest BCUT2D eigenvalue weighted by molar-refractivity contribution is 14.1. The smallest absolute Gasteiger partial charge is 0.308 e. The molecule has 2 nitrogen and oxygen atoms in total. The third kappa shape index (κ3) is 3.23. The Kier molecular flexibility index (Phi) is 4.92. The Bertz CT molecular complexity index is 366. The van der Waals surface area contributed by atoms with Crippen molar-refractivity contribution in [2.45, 2.75) is 12.8 Å². The fourth-order valence-electron chi connectivity index (χ4n) is 0.971. The van der Waals surface area contributed by atoms with Crippen molar-refractivity contribution in [3.8, 4) is 5.75 Å². The number of esters is 1. The Balaban J connectivity index is 3.18. The van der Waals surface area contributed by atoms with Gasteiger partial charge in [0.25, 0.3) is 0 Å². The van der Waals surface area contributed by atoms with Crippen LogP contribution in [0.5, 0.6) is 5.75 Å². The Hall–Kier alpha value is 0.440. The number of rotatable bonds is 2. The summed E-state index contributed by atoms with van der Waals surface area (Å²) < 4.78 is 7.07. The summed E-state index contributed by atoms with van der Waals surface area (Å²) in [6, 6.07) is 3.85. The van der Waals surface area contributed by atoms with Gasteiger partial charge in [0.05, 0.1) is 9.45 Å². The second kappa shape index (κ2) is 5.50. The van der Waals surface area contributed by atoms with Gasteiger partial charge in [-0.15, -0.1) is 11.6 Å². The van der Waals surface area contributed by atoms with Gasteiger partial charge in [0, 0.05) is 16.1 Å². The molecule has 0 aromatic heterocycles. The van der Waals surface area contributed by atoms with Crippen LogP contribution in [0, 0.1) is 7.14 Å². The maximum Gasteiger partial charge on any atom is 0.308 e. The number of carbonyl (C=O) groups excluding carboxylic acids is 1. The van der Waals surface area contributed by atoms with Crippen LogP contribution in [0.3, 0.4) is 0 Å². The van der Waals surface area contributed by atoms with E-state index in [1.165, 1.54) is 6.92 Å². The van der Waals surface area contributed by atoms with E-state index < -0.39 is 0 Å². The number of alkyl halides is 1. The molecule has 0 amide bonds. The van der Waals surface area contributed by atoms with Crippen molar-refractivity contribution in [3.63, 3.8) is 0 Å². The van der Waals surface area contributed by atoms with Gasteiger partial charge >= 0.3 is 5.97 Å². The Morgan fingerprint density at radius 1 is 1.50 bits per heavy atom. The average Bonchev–Trinajstić information content (AvgIpc) is 2.08. The molecule has 0 atom stereocenters. The van der Waals surface area contributed by atoms with E-state index >= 15 is 0 Å². The molecule has 1 aromatic rings. The van der Waals surface area contributed by atoms with Crippen molar-refractivity contribution >= 4 is 62.8 Å². The molecule has 1 rings (SSSR count). The highest BCUT2D eigenvalue weighted by Crippen LogP contribution is 2.29. The van der Waals surface area contributed by atoms with Crippen molar-refractivity contribution in [2.24, 2.45) is 0 Å². The van der Waals surface area contributed by atoms with Gasteiger partial charge in [0.15, 0.2) is 0 Å². The third-order valence-corrected chi connectivity index (χ3v) is 3.19. The molecular formula is C9H7ClI2O2. The van der Waals surface area contributed by atoms with Gasteiger partial charge in [0.1, 0.15) is 5.75 Å². The van der Waals surface area contributed by atoms with Crippen molar-refractivity contribution in [1.82, 2.24) is 0 Å². The minimum absolute atomic E-state index is 0.324. The molecule has 0 fully saturated rings. The molecule has 5 heteroatoms. The minimum atomic E-state index is -0.324. The molecule has 0 saturated carbocycles. The number of hydrogen-bond donors (Lipinski definition) is 0. The van der Waals surface area contributed by atoms with Gasteiger partial charge < -0.3 is 4.74 Å². The summed E-state index contributed by atoms with van der Waals surface area (Å²) >= 11 is 10.1. The van der Waals surface area contributed by atoms with Crippen molar-refractivity contribution in [1.29, 1.82) is 0 Å². The standard InChI is InChI=1S/C9H7ClI2O2/c1-5(13)14-9-6(4-10)2-7(11)3-8(9)12/h2-3H,4H2,1H3. The number of ether oxygens (including phenoxy) is 1. The van der Waals surface area contributed by atoms with Crippen LogP contribution in [0.25, 0.3) is 0 Å². The molecule has 0 bridgehead atoms. The van der Waals surface area contributed by atoms with Gasteiger partial charge in [-0.1, -0.05) is 0 Å². The Morgan fingerprint density at radius 2 is 2.14 bits per heavy atom. The van der Waals surface area contributed by atoms with Gasteiger partial charge in [-0.2, -0.15) is 0 Å². The van der Waals surface area contributed by atoms with Crippen LogP contribution in [-0.4, -0.2) is 5.97 Å². The summed E-state index contributed by atoms with van der Waals surface area (Å²) in [4.78, 5) is 10.8. The fraction of sp³-hybridized carbons (Fsp3) is 0.222. The first-order valence-corrected chi connectivity index (χ1v) is 6.46. The molecule has 0 radical (unpaired) electrons. The lowest BCUT2D eigenvalue weighted by atomic mass is 10.2. The van der Waals surface area contributed by atoms with E-state index in [1.807, 2.05) is 12.1 Å². The first-order valence-electron chi connectivity index (χ1n) is 3.77. The normalized spacial score (nSPS) is 10.0. The third-order valence-electron chi connectivity index (χ3n) is 1.48. The first-order chi connectivity index (χ1) is 6.54. The summed E-state index contributed by atoms with van der Waals surface area (Å²) in [6.45, 7) is 1.38. The van der Waals surface area contributed by atoms with Crippen LogP contribution < -0.4 is 4.74 Å². The highest BCUT2D eigenvalue weighted by atomic mass is 127. The second-order valence-corrected chi connectivity index (χ2v) is 5.28. The number of hydrogen-bond acceptors (Lipinski definition) is 2. The minimum Gasteiger partial charge on any atom is -0.425 e.